The standard InChI is InChI=1S/C16H9F5N2O3S/c17-9-3-8(4-10(18)6-9)14-13(15(16(20)21)26-23-14)7-1-2-12(11(19)5-7)27(22,24)25/h1-6,16H,(H2,22,24,25). The molecule has 0 unspecified atom stereocenters. The van der Waals surface area contributed by atoms with Gasteiger partial charge in [0, 0.05) is 11.6 Å². The molecule has 0 aliphatic heterocycles. The number of benzene rings is 2. The van der Waals surface area contributed by atoms with Gasteiger partial charge in [0.1, 0.15) is 28.0 Å². The summed E-state index contributed by atoms with van der Waals surface area (Å²) in [5, 5.41) is 8.27. The molecule has 2 N–H and O–H groups in total. The third-order valence-corrected chi connectivity index (χ3v) is 4.52. The van der Waals surface area contributed by atoms with Crippen molar-refractivity contribution in [2.75, 3.05) is 0 Å². The van der Waals surface area contributed by atoms with Gasteiger partial charge in [0.25, 0.3) is 6.43 Å². The topological polar surface area (TPSA) is 86.2 Å². The minimum absolute atomic E-state index is 0.228. The van der Waals surface area contributed by atoms with Crippen LogP contribution in [-0.4, -0.2) is 13.6 Å². The summed E-state index contributed by atoms with van der Waals surface area (Å²) in [6.45, 7) is 0. The number of alkyl halides is 2. The maximum atomic E-state index is 14.1. The van der Waals surface area contributed by atoms with E-state index in [9.17, 15) is 30.4 Å². The molecule has 142 valence electrons. The Morgan fingerprint density at radius 1 is 0.963 bits per heavy atom. The first-order valence-corrected chi connectivity index (χ1v) is 8.69. The minimum atomic E-state index is -4.38. The van der Waals surface area contributed by atoms with E-state index >= 15 is 0 Å². The second-order valence-corrected chi connectivity index (χ2v) is 6.95. The zero-order valence-corrected chi connectivity index (χ0v) is 13.9. The van der Waals surface area contributed by atoms with Crippen molar-refractivity contribution in [3.63, 3.8) is 0 Å². The maximum absolute atomic E-state index is 14.1. The van der Waals surface area contributed by atoms with Crippen LogP contribution in [0, 0.1) is 17.5 Å². The SMILES string of the molecule is NS(=O)(=O)c1ccc(-c2c(-c3cc(F)cc(F)c3)noc2C(F)F)cc1F. The van der Waals surface area contributed by atoms with Crippen LogP contribution in [0.15, 0.2) is 45.8 Å². The molecule has 2 aromatic carbocycles. The highest BCUT2D eigenvalue weighted by Gasteiger charge is 2.27. The van der Waals surface area contributed by atoms with Crippen LogP contribution in [0.3, 0.4) is 0 Å². The van der Waals surface area contributed by atoms with Crippen molar-refractivity contribution in [2.45, 2.75) is 11.3 Å². The van der Waals surface area contributed by atoms with Crippen molar-refractivity contribution in [2.24, 2.45) is 5.14 Å². The van der Waals surface area contributed by atoms with E-state index < -0.39 is 50.1 Å². The number of halogens is 5. The first-order valence-electron chi connectivity index (χ1n) is 7.15. The molecule has 0 bridgehead atoms. The number of rotatable bonds is 4. The van der Waals surface area contributed by atoms with Crippen molar-refractivity contribution in [3.8, 4) is 22.4 Å². The number of primary sulfonamides is 1. The number of nitrogens with zero attached hydrogens (tertiary/aromatic N) is 1. The number of hydrogen-bond donors (Lipinski definition) is 1. The van der Waals surface area contributed by atoms with Crippen LogP contribution in [0.2, 0.25) is 0 Å². The lowest BCUT2D eigenvalue weighted by Gasteiger charge is -2.07. The average molecular weight is 404 g/mol. The summed E-state index contributed by atoms with van der Waals surface area (Å²) in [6, 6.07) is 4.64. The van der Waals surface area contributed by atoms with Gasteiger partial charge in [-0.15, -0.1) is 0 Å². The van der Waals surface area contributed by atoms with Gasteiger partial charge in [0.05, 0.1) is 5.56 Å². The van der Waals surface area contributed by atoms with Crippen molar-refractivity contribution in [3.05, 3.63) is 59.6 Å². The summed E-state index contributed by atoms with van der Waals surface area (Å²) >= 11 is 0. The summed E-state index contributed by atoms with van der Waals surface area (Å²) in [5.74, 6) is -4.26. The average Bonchev–Trinajstić information content (AvgIpc) is 2.97. The second-order valence-electron chi connectivity index (χ2n) is 5.42. The predicted molar refractivity (Wildman–Crippen MR) is 83.6 cm³/mol. The lowest BCUT2D eigenvalue weighted by molar-refractivity contribution is 0.113. The molecule has 11 heteroatoms. The lowest BCUT2D eigenvalue weighted by atomic mass is 9.99. The van der Waals surface area contributed by atoms with Crippen molar-refractivity contribution in [1.29, 1.82) is 0 Å². The zero-order chi connectivity index (χ0) is 19.9. The molecular weight excluding hydrogens is 395 g/mol. The molecule has 5 nitrogen and oxygen atoms in total. The Morgan fingerprint density at radius 2 is 1.59 bits per heavy atom. The van der Waals surface area contributed by atoms with E-state index in [1.54, 1.807) is 0 Å². The molecule has 0 fully saturated rings. The third kappa shape index (κ3) is 3.69. The smallest absolute Gasteiger partial charge is 0.298 e. The molecule has 0 atom stereocenters. The number of aromatic nitrogens is 1. The van der Waals surface area contributed by atoms with Gasteiger partial charge in [-0.3, -0.25) is 0 Å². The Hall–Kier alpha value is -2.79. The molecule has 1 heterocycles. The number of nitrogens with two attached hydrogens (primary N) is 1. The Morgan fingerprint density at radius 3 is 2.11 bits per heavy atom. The fourth-order valence-corrected chi connectivity index (χ4v) is 3.09. The summed E-state index contributed by atoms with van der Waals surface area (Å²) < 4.78 is 94.8. The van der Waals surface area contributed by atoms with Gasteiger partial charge in [-0.2, -0.15) is 0 Å². The van der Waals surface area contributed by atoms with E-state index in [2.05, 4.69) is 9.68 Å². The summed E-state index contributed by atoms with van der Waals surface area (Å²) in [7, 11) is -4.38. The molecule has 27 heavy (non-hydrogen) atoms. The molecule has 0 aliphatic rings. The van der Waals surface area contributed by atoms with Crippen LogP contribution < -0.4 is 5.14 Å². The summed E-state index contributed by atoms with van der Waals surface area (Å²) in [4.78, 5) is -0.848. The van der Waals surface area contributed by atoms with E-state index in [1.807, 2.05) is 0 Å². The van der Waals surface area contributed by atoms with E-state index in [-0.39, 0.29) is 16.8 Å². The quantitative estimate of drug-likeness (QED) is 0.666. The molecule has 0 amide bonds. The first kappa shape index (κ1) is 19.0. The zero-order valence-electron chi connectivity index (χ0n) is 13.1. The normalized spacial score (nSPS) is 12.0. The van der Waals surface area contributed by atoms with Crippen LogP contribution in [0.4, 0.5) is 22.0 Å². The van der Waals surface area contributed by atoms with Crippen LogP contribution in [0.25, 0.3) is 22.4 Å². The Kier molecular flexibility index (Phi) is 4.74. The predicted octanol–water partition coefficient (Wildman–Crippen LogP) is 4.01. The van der Waals surface area contributed by atoms with E-state index in [4.69, 9.17) is 5.14 Å². The van der Waals surface area contributed by atoms with E-state index in [0.717, 1.165) is 24.3 Å². The maximum Gasteiger partial charge on any atom is 0.298 e. The minimum Gasteiger partial charge on any atom is -0.354 e. The van der Waals surface area contributed by atoms with Crippen LogP contribution in [0.5, 0.6) is 0 Å². The number of hydrogen-bond acceptors (Lipinski definition) is 4. The van der Waals surface area contributed by atoms with Gasteiger partial charge in [0.15, 0.2) is 0 Å². The molecule has 0 radical (unpaired) electrons. The molecule has 0 saturated heterocycles. The Bertz CT molecular complexity index is 1110. The summed E-state index contributed by atoms with van der Waals surface area (Å²) in [5.41, 5.74) is -1.27. The van der Waals surface area contributed by atoms with E-state index in [1.165, 1.54) is 0 Å². The van der Waals surface area contributed by atoms with Gasteiger partial charge in [-0.25, -0.2) is 35.5 Å². The van der Waals surface area contributed by atoms with Crippen molar-refractivity contribution >= 4 is 10.0 Å². The molecule has 0 aliphatic carbocycles. The molecule has 1 aromatic heterocycles. The Labute approximate surface area is 149 Å². The van der Waals surface area contributed by atoms with Crippen molar-refractivity contribution in [1.82, 2.24) is 5.16 Å². The fraction of sp³-hybridized carbons (Fsp3) is 0.0625. The highest BCUT2D eigenvalue weighted by molar-refractivity contribution is 7.89. The van der Waals surface area contributed by atoms with Crippen LogP contribution in [0.1, 0.15) is 12.2 Å². The summed E-state index contributed by atoms with van der Waals surface area (Å²) in [6.07, 6.45) is -3.18. The third-order valence-electron chi connectivity index (χ3n) is 3.58. The van der Waals surface area contributed by atoms with Gasteiger partial charge in [-0.1, -0.05) is 11.2 Å². The lowest BCUT2D eigenvalue weighted by Crippen LogP contribution is -2.14. The van der Waals surface area contributed by atoms with E-state index in [0.29, 0.717) is 12.1 Å². The molecular formula is C16H9F5N2O3S. The molecule has 0 saturated carbocycles. The monoisotopic (exact) mass is 404 g/mol. The molecule has 0 spiro atoms. The van der Waals surface area contributed by atoms with Gasteiger partial charge < -0.3 is 4.52 Å². The molecule has 3 aromatic rings. The molecule has 3 rings (SSSR count). The fourth-order valence-electron chi connectivity index (χ4n) is 2.51. The number of sulfonamides is 1. The highest BCUT2D eigenvalue weighted by atomic mass is 32.2. The van der Waals surface area contributed by atoms with Crippen LogP contribution >= 0.6 is 0 Å². The highest BCUT2D eigenvalue weighted by Crippen LogP contribution is 2.40. The van der Waals surface area contributed by atoms with Gasteiger partial charge in [0.2, 0.25) is 15.8 Å². The Balaban J connectivity index is 2.26. The first-order chi connectivity index (χ1) is 12.6. The van der Waals surface area contributed by atoms with Crippen LogP contribution in [-0.2, 0) is 10.0 Å². The second kappa shape index (κ2) is 6.74. The van der Waals surface area contributed by atoms with Gasteiger partial charge >= 0.3 is 0 Å². The van der Waals surface area contributed by atoms with Crippen molar-refractivity contribution < 1.29 is 34.9 Å². The van der Waals surface area contributed by atoms with Gasteiger partial charge in [-0.05, 0) is 29.8 Å². The largest absolute Gasteiger partial charge is 0.354 e.